The van der Waals surface area contributed by atoms with Gasteiger partial charge in [-0.05, 0) is 40.8 Å². The van der Waals surface area contributed by atoms with E-state index in [0.29, 0.717) is 5.56 Å². The highest BCUT2D eigenvalue weighted by Crippen LogP contribution is 2.18. The Balaban J connectivity index is 1.77. The van der Waals surface area contributed by atoms with E-state index in [-0.39, 0.29) is 5.88 Å². The van der Waals surface area contributed by atoms with E-state index in [4.69, 9.17) is 4.74 Å². The van der Waals surface area contributed by atoms with Gasteiger partial charge in [0, 0.05) is 15.2 Å². The number of ether oxygens (including phenoxy) is 1. The van der Waals surface area contributed by atoms with Crippen LogP contribution in [0.2, 0.25) is 0 Å². The van der Waals surface area contributed by atoms with Crippen LogP contribution in [0.4, 0.5) is 0 Å². The predicted octanol–water partition coefficient (Wildman–Crippen LogP) is 3.97. The minimum atomic E-state index is -0.438. The molecule has 0 aliphatic heterocycles. The maximum atomic E-state index is 12.1. The Labute approximate surface area is 141 Å². The smallest absolute Gasteiger partial charge is 0.345 e. The van der Waals surface area contributed by atoms with E-state index in [9.17, 15) is 4.79 Å². The summed E-state index contributed by atoms with van der Waals surface area (Å²) in [5, 5.41) is 8.04. The van der Waals surface area contributed by atoms with Crippen LogP contribution < -0.4 is 4.74 Å². The number of rotatable bonds is 3. The number of hydrogen-bond acceptors (Lipinski definition) is 4. The minimum absolute atomic E-state index is 0.185. The third-order valence-electron chi connectivity index (χ3n) is 3.00. The molecule has 1 heterocycles. The molecule has 1 aromatic heterocycles. The fourth-order valence-corrected chi connectivity index (χ4v) is 2.52. The Hall–Kier alpha value is -2.28. The molecule has 0 saturated carbocycles. The van der Waals surface area contributed by atoms with Gasteiger partial charge in [-0.25, -0.2) is 4.79 Å². The third-order valence-corrected chi connectivity index (χ3v) is 3.94. The van der Waals surface area contributed by atoms with Gasteiger partial charge in [0.15, 0.2) is 0 Å². The Morgan fingerprint density at radius 1 is 0.864 bits per heavy atom. The van der Waals surface area contributed by atoms with E-state index >= 15 is 0 Å². The molecule has 0 atom stereocenters. The van der Waals surface area contributed by atoms with Crippen LogP contribution in [0.3, 0.4) is 0 Å². The van der Waals surface area contributed by atoms with Gasteiger partial charge in [-0.1, -0.05) is 42.5 Å². The van der Waals surface area contributed by atoms with Crippen molar-refractivity contribution in [1.29, 1.82) is 0 Å². The summed E-state index contributed by atoms with van der Waals surface area (Å²) < 4.78 is 6.09. The van der Waals surface area contributed by atoms with Crippen LogP contribution in [0.5, 0.6) is 5.88 Å². The SMILES string of the molecule is O=C(Oc1ccc(-c2ccccc2)nn1)c1ccccc1I. The van der Waals surface area contributed by atoms with Crippen LogP contribution >= 0.6 is 22.6 Å². The van der Waals surface area contributed by atoms with Gasteiger partial charge in [0.2, 0.25) is 5.88 Å². The van der Waals surface area contributed by atoms with E-state index < -0.39 is 5.97 Å². The first kappa shape index (κ1) is 14.6. The van der Waals surface area contributed by atoms with Crippen LogP contribution in [0.15, 0.2) is 66.7 Å². The zero-order valence-corrected chi connectivity index (χ0v) is 13.6. The van der Waals surface area contributed by atoms with Crippen molar-refractivity contribution >= 4 is 28.6 Å². The molecule has 22 heavy (non-hydrogen) atoms. The first-order valence-electron chi connectivity index (χ1n) is 6.60. The van der Waals surface area contributed by atoms with Crippen molar-refractivity contribution in [2.75, 3.05) is 0 Å². The van der Waals surface area contributed by atoms with Crippen molar-refractivity contribution in [3.05, 3.63) is 75.9 Å². The highest BCUT2D eigenvalue weighted by atomic mass is 127. The molecular weight excluding hydrogens is 391 g/mol. The van der Waals surface area contributed by atoms with Crippen LogP contribution in [-0.2, 0) is 0 Å². The summed E-state index contributed by atoms with van der Waals surface area (Å²) >= 11 is 2.09. The molecule has 108 valence electrons. The number of halogens is 1. The second-order valence-corrected chi connectivity index (χ2v) is 5.65. The minimum Gasteiger partial charge on any atom is -0.402 e. The zero-order valence-electron chi connectivity index (χ0n) is 11.4. The molecule has 3 rings (SSSR count). The van der Waals surface area contributed by atoms with Gasteiger partial charge >= 0.3 is 5.97 Å². The summed E-state index contributed by atoms with van der Waals surface area (Å²) in [5.74, 6) is -0.254. The van der Waals surface area contributed by atoms with Crippen molar-refractivity contribution in [3.63, 3.8) is 0 Å². The molecule has 0 spiro atoms. The van der Waals surface area contributed by atoms with Gasteiger partial charge in [0.1, 0.15) is 0 Å². The average molecular weight is 402 g/mol. The van der Waals surface area contributed by atoms with Gasteiger partial charge in [-0.3, -0.25) is 0 Å². The summed E-state index contributed by atoms with van der Waals surface area (Å²) in [4.78, 5) is 12.1. The van der Waals surface area contributed by atoms with Crippen molar-refractivity contribution in [2.45, 2.75) is 0 Å². The summed E-state index contributed by atoms with van der Waals surface area (Å²) in [6.07, 6.45) is 0. The number of hydrogen-bond donors (Lipinski definition) is 0. The molecule has 0 aliphatic rings. The second kappa shape index (κ2) is 6.65. The lowest BCUT2D eigenvalue weighted by atomic mass is 10.1. The average Bonchev–Trinajstić information content (AvgIpc) is 2.57. The molecule has 0 unspecified atom stereocenters. The molecule has 5 heteroatoms. The predicted molar refractivity (Wildman–Crippen MR) is 91.6 cm³/mol. The third kappa shape index (κ3) is 3.30. The summed E-state index contributed by atoms with van der Waals surface area (Å²) in [5.41, 5.74) is 2.21. The highest BCUT2D eigenvalue weighted by Gasteiger charge is 2.12. The Bertz CT molecular complexity index is 789. The number of aromatic nitrogens is 2. The highest BCUT2D eigenvalue weighted by molar-refractivity contribution is 14.1. The molecule has 0 aliphatic carbocycles. The number of nitrogens with zero attached hydrogens (tertiary/aromatic N) is 2. The van der Waals surface area contributed by atoms with Crippen molar-refractivity contribution < 1.29 is 9.53 Å². The standard InChI is InChI=1S/C17H11IN2O2/c18-14-9-5-4-8-13(14)17(21)22-16-11-10-15(19-20-16)12-6-2-1-3-7-12/h1-11H. The molecule has 0 N–H and O–H groups in total. The molecule has 2 aromatic carbocycles. The number of carbonyl (C=O) groups excluding carboxylic acids is 1. The van der Waals surface area contributed by atoms with Crippen LogP contribution in [0, 0.1) is 3.57 Å². The maximum absolute atomic E-state index is 12.1. The molecule has 0 radical (unpaired) electrons. The monoisotopic (exact) mass is 402 g/mol. The van der Waals surface area contributed by atoms with Gasteiger partial charge in [-0.15, -0.1) is 10.2 Å². The van der Waals surface area contributed by atoms with E-state index in [1.54, 1.807) is 24.3 Å². The van der Waals surface area contributed by atoms with E-state index in [1.807, 2.05) is 42.5 Å². The van der Waals surface area contributed by atoms with Gasteiger partial charge < -0.3 is 4.74 Å². The van der Waals surface area contributed by atoms with E-state index in [1.165, 1.54) is 0 Å². The van der Waals surface area contributed by atoms with Gasteiger partial charge in [-0.2, -0.15) is 0 Å². The maximum Gasteiger partial charge on any atom is 0.345 e. The lowest BCUT2D eigenvalue weighted by molar-refractivity contribution is 0.0724. The van der Waals surface area contributed by atoms with E-state index in [2.05, 4.69) is 32.8 Å². The van der Waals surface area contributed by atoms with E-state index in [0.717, 1.165) is 14.8 Å². The molecule has 0 bridgehead atoms. The number of carbonyl (C=O) groups is 1. The Morgan fingerprint density at radius 3 is 2.27 bits per heavy atom. The molecular formula is C17H11IN2O2. The fourth-order valence-electron chi connectivity index (χ4n) is 1.91. The second-order valence-electron chi connectivity index (χ2n) is 4.49. The summed E-state index contributed by atoms with van der Waals surface area (Å²) in [6, 6.07) is 20.3. The van der Waals surface area contributed by atoms with Crippen LogP contribution in [0.25, 0.3) is 11.3 Å². The van der Waals surface area contributed by atoms with Crippen LogP contribution in [-0.4, -0.2) is 16.2 Å². The lowest BCUT2D eigenvalue weighted by Crippen LogP contribution is -2.11. The Morgan fingerprint density at radius 2 is 1.59 bits per heavy atom. The number of esters is 1. The largest absolute Gasteiger partial charge is 0.402 e. The summed E-state index contributed by atoms with van der Waals surface area (Å²) in [6.45, 7) is 0. The van der Waals surface area contributed by atoms with Crippen molar-refractivity contribution in [1.82, 2.24) is 10.2 Å². The topological polar surface area (TPSA) is 52.1 Å². The zero-order chi connectivity index (χ0) is 15.4. The molecule has 0 fully saturated rings. The first-order valence-corrected chi connectivity index (χ1v) is 7.68. The molecule has 3 aromatic rings. The van der Waals surface area contributed by atoms with Crippen molar-refractivity contribution in [3.8, 4) is 17.1 Å². The van der Waals surface area contributed by atoms with Crippen LogP contribution in [0.1, 0.15) is 10.4 Å². The number of benzene rings is 2. The van der Waals surface area contributed by atoms with Gasteiger partial charge in [0.05, 0.1) is 11.3 Å². The fraction of sp³-hybridized carbons (Fsp3) is 0. The van der Waals surface area contributed by atoms with Crippen molar-refractivity contribution in [2.24, 2.45) is 0 Å². The normalized spacial score (nSPS) is 10.2. The Kier molecular flexibility index (Phi) is 4.43. The molecule has 4 nitrogen and oxygen atoms in total. The first-order chi connectivity index (χ1) is 10.7. The molecule has 0 saturated heterocycles. The molecule has 0 amide bonds. The lowest BCUT2D eigenvalue weighted by Gasteiger charge is -2.05. The summed E-state index contributed by atoms with van der Waals surface area (Å²) in [7, 11) is 0. The quantitative estimate of drug-likeness (QED) is 0.492. The van der Waals surface area contributed by atoms with Gasteiger partial charge in [0.25, 0.3) is 0 Å².